The standard InChI is InChI=1S/C22H22F3N7/c1-14-15(2)20(29-32-19(14)27-28-21(32)22(23,24)25)30-11-9-18-17(12-30)26-13-31(18)10-8-16-6-4-3-5-7-16/h3-7,13H,8-12H2,1-2H3. The lowest BCUT2D eigenvalue weighted by Crippen LogP contribution is -2.33. The number of rotatable bonds is 4. The van der Waals surface area contributed by atoms with Crippen molar-refractivity contribution in [3.8, 4) is 0 Å². The van der Waals surface area contributed by atoms with Crippen LogP contribution in [0.5, 0.6) is 0 Å². The van der Waals surface area contributed by atoms with Crippen LogP contribution in [0.3, 0.4) is 0 Å². The van der Waals surface area contributed by atoms with E-state index in [1.54, 1.807) is 6.92 Å². The Morgan fingerprint density at radius 3 is 2.56 bits per heavy atom. The van der Waals surface area contributed by atoms with Crippen molar-refractivity contribution in [2.24, 2.45) is 0 Å². The quantitative estimate of drug-likeness (QED) is 0.483. The molecule has 0 N–H and O–H groups in total. The van der Waals surface area contributed by atoms with Gasteiger partial charge < -0.3 is 9.47 Å². The van der Waals surface area contributed by atoms with Crippen molar-refractivity contribution in [3.05, 3.63) is 70.6 Å². The number of fused-ring (bicyclic) bond motifs is 2. The summed E-state index contributed by atoms with van der Waals surface area (Å²) in [7, 11) is 0. The van der Waals surface area contributed by atoms with Crippen LogP contribution in [0.2, 0.25) is 0 Å². The summed E-state index contributed by atoms with van der Waals surface area (Å²) in [5.74, 6) is -0.607. The average Bonchev–Trinajstić information content (AvgIpc) is 3.39. The third kappa shape index (κ3) is 3.49. The minimum absolute atomic E-state index is 0.126. The van der Waals surface area contributed by atoms with E-state index in [-0.39, 0.29) is 5.65 Å². The first-order valence-corrected chi connectivity index (χ1v) is 10.4. The van der Waals surface area contributed by atoms with Crippen LogP contribution >= 0.6 is 0 Å². The molecule has 10 heteroatoms. The Kier molecular flexibility index (Phi) is 4.87. The lowest BCUT2D eigenvalue weighted by Gasteiger charge is -2.29. The molecule has 0 atom stereocenters. The maximum Gasteiger partial charge on any atom is 0.453 e. The van der Waals surface area contributed by atoms with Crippen molar-refractivity contribution in [2.45, 2.75) is 46.0 Å². The molecule has 0 saturated carbocycles. The number of aromatic nitrogens is 6. The molecular formula is C22H22F3N7. The van der Waals surface area contributed by atoms with E-state index in [2.05, 4.69) is 37.0 Å². The van der Waals surface area contributed by atoms with Gasteiger partial charge in [0.15, 0.2) is 11.5 Å². The summed E-state index contributed by atoms with van der Waals surface area (Å²) in [5.41, 5.74) is 4.94. The van der Waals surface area contributed by atoms with Gasteiger partial charge >= 0.3 is 6.18 Å². The molecule has 0 unspecified atom stereocenters. The van der Waals surface area contributed by atoms with Gasteiger partial charge in [-0.25, -0.2) is 4.98 Å². The molecular weight excluding hydrogens is 419 g/mol. The van der Waals surface area contributed by atoms with E-state index in [9.17, 15) is 13.2 Å². The molecule has 1 aliphatic rings. The lowest BCUT2D eigenvalue weighted by atomic mass is 10.1. The van der Waals surface area contributed by atoms with Gasteiger partial charge in [-0.1, -0.05) is 30.3 Å². The highest BCUT2D eigenvalue weighted by atomic mass is 19.4. The average molecular weight is 441 g/mol. The number of benzene rings is 1. The molecule has 4 heterocycles. The van der Waals surface area contributed by atoms with Crippen LogP contribution in [0.15, 0.2) is 36.7 Å². The highest BCUT2D eigenvalue weighted by Gasteiger charge is 2.38. The summed E-state index contributed by atoms with van der Waals surface area (Å²) in [4.78, 5) is 6.57. The number of nitrogens with zero attached hydrogens (tertiary/aromatic N) is 7. The largest absolute Gasteiger partial charge is 0.453 e. The van der Waals surface area contributed by atoms with Crippen molar-refractivity contribution < 1.29 is 13.2 Å². The first-order valence-electron chi connectivity index (χ1n) is 10.4. The molecule has 32 heavy (non-hydrogen) atoms. The van der Waals surface area contributed by atoms with E-state index in [0.29, 0.717) is 24.5 Å². The zero-order chi connectivity index (χ0) is 22.5. The van der Waals surface area contributed by atoms with Crippen molar-refractivity contribution in [2.75, 3.05) is 11.4 Å². The summed E-state index contributed by atoms with van der Waals surface area (Å²) in [6.07, 6.45) is -1.11. The summed E-state index contributed by atoms with van der Waals surface area (Å²) < 4.78 is 43.1. The first-order chi connectivity index (χ1) is 15.3. The Labute approximate surface area is 182 Å². The number of hydrogen-bond donors (Lipinski definition) is 0. The van der Waals surface area contributed by atoms with Gasteiger partial charge in [0.2, 0.25) is 0 Å². The third-order valence-electron chi connectivity index (χ3n) is 6.10. The number of hydrogen-bond acceptors (Lipinski definition) is 5. The van der Waals surface area contributed by atoms with Gasteiger partial charge in [-0.2, -0.15) is 17.7 Å². The second-order valence-electron chi connectivity index (χ2n) is 8.07. The van der Waals surface area contributed by atoms with Gasteiger partial charge in [0.25, 0.3) is 5.82 Å². The smallest absolute Gasteiger partial charge is 0.349 e. The van der Waals surface area contributed by atoms with Crippen LogP contribution in [-0.4, -0.2) is 35.9 Å². The van der Waals surface area contributed by atoms with Crippen LogP contribution in [-0.2, 0) is 32.1 Å². The Hall–Kier alpha value is -3.43. The first kappa shape index (κ1) is 20.5. The van der Waals surface area contributed by atoms with Gasteiger partial charge in [0.1, 0.15) is 0 Å². The van der Waals surface area contributed by atoms with Crippen LogP contribution in [0.1, 0.15) is 33.9 Å². The third-order valence-corrected chi connectivity index (χ3v) is 6.10. The lowest BCUT2D eigenvalue weighted by molar-refractivity contribution is -0.146. The topological polar surface area (TPSA) is 64.1 Å². The number of imidazole rings is 1. The van der Waals surface area contributed by atoms with E-state index in [4.69, 9.17) is 0 Å². The van der Waals surface area contributed by atoms with Gasteiger partial charge in [0.05, 0.1) is 18.6 Å². The van der Waals surface area contributed by atoms with Crippen molar-refractivity contribution in [3.63, 3.8) is 0 Å². The van der Waals surface area contributed by atoms with E-state index in [1.165, 1.54) is 11.3 Å². The maximum absolute atomic E-state index is 13.4. The molecule has 0 saturated heterocycles. The van der Waals surface area contributed by atoms with Gasteiger partial charge in [0, 0.05) is 36.3 Å². The Morgan fingerprint density at radius 2 is 1.81 bits per heavy atom. The minimum atomic E-state index is -4.63. The predicted molar refractivity (Wildman–Crippen MR) is 112 cm³/mol. The van der Waals surface area contributed by atoms with Crippen molar-refractivity contribution >= 4 is 11.5 Å². The fourth-order valence-electron chi connectivity index (χ4n) is 4.23. The fourth-order valence-corrected chi connectivity index (χ4v) is 4.23. The molecule has 0 radical (unpaired) electrons. The van der Waals surface area contributed by atoms with Crippen LogP contribution in [0.25, 0.3) is 5.65 Å². The monoisotopic (exact) mass is 441 g/mol. The predicted octanol–water partition coefficient (Wildman–Crippen LogP) is 3.76. The molecule has 5 rings (SSSR count). The van der Waals surface area contributed by atoms with Crippen molar-refractivity contribution in [1.82, 2.24) is 29.4 Å². The molecule has 0 spiro atoms. The van der Waals surface area contributed by atoms with E-state index in [1.807, 2.05) is 36.4 Å². The Morgan fingerprint density at radius 1 is 1.03 bits per heavy atom. The molecule has 1 aliphatic heterocycles. The van der Waals surface area contributed by atoms with E-state index in [0.717, 1.165) is 35.2 Å². The van der Waals surface area contributed by atoms with Crippen LogP contribution in [0.4, 0.5) is 19.0 Å². The minimum Gasteiger partial charge on any atom is -0.349 e. The Bertz CT molecular complexity index is 1270. The van der Waals surface area contributed by atoms with Gasteiger partial charge in [-0.05, 0) is 25.8 Å². The van der Waals surface area contributed by atoms with Crippen LogP contribution < -0.4 is 4.90 Å². The zero-order valence-corrected chi connectivity index (χ0v) is 17.8. The molecule has 4 aromatic rings. The fraction of sp³-hybridized carbons (Fsp3) is 0.364. The summed E-state index contributed by atoms with van der Waals surface area (Å²) >= 11 is 0. The molecule has 0 bridgehead atoms. The zero-order valence-electron chi connectivity index (χ0n) is 17.8. The molecule has 0 aliphatic carbocycles. The molecule has 1 aromatic carbocycles. The van der Waals surface area contributed by atoms with E-state index < -0.39 is 12.0 Å². The van der Waals surface area contributed by atoms with E-state index >= 15 is 0 Å². The second kappa shape index (κ2) is 7.61. The molecule has 3 aromatic heterocycles. The second-order valence-corrected chi connectivity index (χ2v) is 8.07. The number of halogens is 3. The summed E-state index contributed by atoms with van der Waals surface area (Å²) in [6, 6.07) is 10.3. The maximum atomic E-state index is 13.4. The van der Waals surface area contributed by atoms with Crippen molar-refractivity contribution in [1.29, 1.82) is 0 Å². The molecule has 0 fully saturated rings. The van der Waals surface area contributed by atoms with Gasteiger partial charge in [-0.3, -0.25) is 0 Å². The number of aryl methyl sites for hydroxylation is 3. The molecule has 166 valence electrons. The highest BCUT2D eigenvalue weighted by molar-refractivity contribution is 5.59. The highest BCUT2D eigenvalue weighted by Crippen LogP contribution is 2.32. The molecule has 0 amide bonds. The molecule has 7 nitrogen and oxygen atoms in total. The Balaban J connectivity index is 1.42. The summed E-state index contributed by atoms with van der Waals surface area (Å²) in [5, 5.41) is 11.3. The number of alkyl halides is 3. The normalized spacial score (nSPS) is 14.2. The van der Waals surface area contributed by atoms with Gasteiger partial charge in [-0.15, -0.1) is 15.3 Å². The van der Waals surface area contributed by atoms with Crippen LogP contribution in [0, 0.1) is 13.8 Å². The number of anilines is 1. The SMILES string of the molecule is Cc1c(N2CCc3c(ncn3CCc3ccccc3)C2)nn2c(C(F)(F)F)nnc2c1C. The summed E-state index contributed by atoms with van der Waals surface area (Å²) in [6.45, 7) is 5.58.